The first kappa shape index (κ1) is 10.5. The molecular weight excluding hydrogens is 208 g/mol. The molecule has 0 aromatic heterocycles. The number of benzene rings is 1. The lowest BCUT2D eigenvalue weighted by Gasteiger charge is -2.14. The summed E-state index contributed by atoms with van der Waals surface area (Å²) < 4.78 is 0. The van der Waals surface area contributed by atoms with Crippen molar-refractivity contribution in [3.05, 3.63) is 29.8 Å². The van der Waals surface area contributed by atoms with Gasteiger partial charge in [-0.2, -0.15) is 0 Å². The molecule has 4 heteroatoms. The van der Waals surface area contributed by atoms with Gasteiger partial charge in [-0.1, -0.05) is 18.2 Å². The van der Waals surface area contributed by atoms with Gasteiger partial charge in [0.2, 0.25) is 5.91 Å². The number of nitrogens with two attached hydrogens (primary N) is 1. The van der Waals surface area contributed by atoms with Gasteiger partial charge in [-0.25, -0.2) is 0 Å². The average molecular weight is 222 g/mol. The van der Waals surface area contributed by atoms with E-state index < -0.39 is 6.04 Å². The topological polar surface area (TPSA) is 55.1 Å². The van der Waals surface area contributed by atoms with Crippen molar-refractivity contribution in [2.24, 2.45) is 5.73 Å². The van der Waals surface area contributed by atoms with Gasteiger partial charge in [0.25, 0.3) is 0 Å². The smallest absolute Gasteiger partial charge is 0.237 e. The van der Waals surface area contributed by atoms with Crippen molar-refractivity contribution in [1.82, 2.24) is 5.32 Å². The number of thioether (sulfide) groups is 1. The molecule has 0 radical (unpaired) electrons. The van der Waals surface area contributed by atoms with Gasteiger partial charge in [-0.15, -0.1) is 11.8 Å². The van der Waals surface area contributed by atoms with Crippen molar-refractivity contribution in [1.29, 1.82) is 0 Å². The van der Waals surface area contributed by atoms with E-state index >= 15 is 0 Å². The van der Waals surface area contributed by atoms with E-state index in [4.69, 9.17) is 5.73 Å². The Hall–Kier alpha value is -1.00. The van der Waals surface area contributed by atoms with Crippen LogP contribution in [0.15, 0.2) is 29.2 Å². The van der Waals surface area contributed by atoms with Crippen LogP contribution in [0.3, 0.4) is 0 Å². The predicted molar refractivity (Wildman–Crippen MR) is 61.7 cm³/mol. The molecule has 1 aliphatic heterocycles. The van der Waals surface area contributed by atoms with E-state index in [2.05, 4.69) is 17.4 Å². The summed E-state index contributed by atoms with van der Waals surface area (Å²) in [7, 11) is 0. The molecule has 1 aromatic carbocycles. The first-order chi connectivity index (χ1) is 7.18. The highest BCUT2D eigenvalue weighted by atomic mass is 32.2. The number of amides is 1. The van der Waals surface area contributed by atoms with Gasteiger partial charge >= 0.3 is 0 Å². The Kier molecular flexibility index (Phi) is 2.98. The summed E-state index contributed by atoms with van der Waals surface area (Å²) >= 11 is 1.77. The minimum atomic E-state index is -0.442. The molecule has 15 heavy (non-hydrogen) atoms. The normalized spacial score (nSPS) is 20.8. The lowest BCUT2D eigenvalue weighted by Crippen LogP contribution is -2.40. The first-order valence-electron chi connectivity index (χ1n) is 4.96. The second kappa shape index (κ2) is 4.24. The standard InChI is InChI=1S/C11H14N2OS/c1-7(12)11(14)13-9-6-15-10-5-3-2-4-8(9)10/h2-5,7,9H,6,12H2,1H3,(H,13,14)/t7-,9?/m1/s1. The Labute approximate surface area is 93.4 Å². The Balaban J connectivity index is 2.11. The molecule has 2 rings (SSSR count). The van der Waals surface area contributed by atoms with E-state index in [9.17, 15) is 4.79 Å². The van der Waals surface area contributed by atoms with Crippen LogP contribution in [0, 0.1) is 0 Å². The predicted octanol–water partition coefficient (Wildman–Crippen LogP) is 1.30. The maximum Gasteiger partial charge on any atom is 0.237 e. The molecule has 80 valence electrons. The molecule has 0 aliphatic carbocycles. The van der Waals surface area contributed by atoms with Crippen LogP contribution in [0.25, 0.3) is 0 Å². The summed E-state index contributed by atoms with van der Waals surface area (Å²) in [5.74, 6) is 0.815. The highest BCUT2D eigenvalue weighted by molar-refractivity contribution is 7.99. The fraction of sp³-hybridized carbons (Fsp3) is 0.364. The number of hydrogen-bond donors (Lipinski definition) is 2. The van der Waals surface area contributed by atoms with E-state index in [0.717, 1.165) is 5.75 Å². The number of carbonyl (C=O) groups excluding carboxylic acids is 1. The molecule has 3 N–H and O–H groups in total. The number of rotatable bonds is 2. The van der Waals surface area contributed by atoms with E-state index in [1.165, 1.54) is 10.5 Å². The molecule has 0 bridgehead atoms. The maximum atomic E-state index is 11.5. The van der Waals surface area contributed by atoms with Crippen molar-refractivity contribution in [2.45, 2.75) is 23.9 Å². The van der Waals surface area contributed by atoms with Gasteiger partial charge in [0.15, 0.2) is 0 Å². The van der Waals surface area contributed by atoms with E-state index in [1.54, 1.807) is 18.7 Å². The fourth-order valence-corrected chi connectivity index (χ4v) is 2.75. The zero-order chi connectivity index (χ0) is 10.8. The molecule has 1 aliphatic rings. The summed E-state index contributed by atoms with van der Waals surface area (Å²) in [4.78, 5) is 12.7. The fourth-order valence-electron chi connectivity index (χ4n) is 1.59. The Morgan fingerprint density at radius 2 is 2.33 bits per heavy atom. The van der Waals surface area contributed by atoms with Crippen LogP contribution in [0.2, 0.25) is 0 Å². The largest absolute Gasteiger partial charge is 0.347 e. The van der Waals surface area contributed by atoms with E-state index in [0.29, 0.717) is 0 Å². The summed E-state index contributed by atoms with van der Waals surface area (Å²) in [5.41, 5.74) is 6.72. The van der Waals surface area contributed by atoms with Crippen LogP contribution in [0.4, 0.5) is 0 Å². The Bertz CT molecular complexity index is 379. The molecule has 0 saturated heterocycles. The molecule has 1 heterocycles. The summed E-state index contributed by atoms with van der Waals surface area (Å²) in [6.07, 6.45) is 0. The molecule has 0 fully saturated rings. The van der Waals surface area contributed by atoms with Gasteiger partial charge in [0.05, 0.1) is 12.1 Å². The minimum absolute atomic E-state index is 0.0858. The van der Waals surface area contributed by atoms with Crippen molar-refractivity contribution < 1.29 is 4.79 Å². The third-order valence-electron chi connectivity index (χ3n) is 2.43. The van der Waals surface area contributed by atoms with Crippen LogP contribution >= 0.6 is 11.8 Å². The first-order valence-corrected chi connectivity index (χ1v) is 5.94. The van der Waals surface area contributed by atoms with Gasteiger partial charge in [-0.3, -0.25) is 4.79 Å². The van der Waals surface area contributed by atoms with Crippen LogP contribution in [-0.2, 0) is 4.79 Å². The zero-order valence-corrected chi connectivity index (χ0v) is 9.38. The lowest BCUT2D eigenvalue weighted by molar-refractivity contribution is -0.122. The monoisotopic (exact) mass is 222 g/mol. The molecule has 0 spiro atoms. The molecule has 0 saturated carbocycles. The molecule has 1 unspecified atom stereocenters. The summed E-state index contributed by atoms with van der Waals surface area (Å²) in [5, 5.41) is 2.95. The van der Waals surface area contributed by atoms with Crippen molar-refractivity contribution in [2.75, 3.05) is 5.75 Å². The average Bonchev–Trinajstić information content (AvgIpc) is 2.62. The molecule has 1 amide bonds. The third-order valence-corrected chi connectivity index (χ3v) is 3.61. The van der Waals surface area contributed by atoms with Gasteiger partial charge in [0.1, 0.15) is 0 Å². The summed E-state index contributed by atoms with van der Waals surface area (Å²) in [6.45, 7) is 1.70. The van der Waals surface area contributed by atoms with Crippen LogP contribution in [0.1, 0.15) is 18.5 Å². The highest BCUT2D eigenvalue weighted by Gasteiger charge is 2.24. The van der Waals surface area contributed by atoms with Crippen molar-refractivity contribution in [3.63, 3.8) is 0 Å². The molecule has 1 aromatic rings. The van der Waals surface area contributed by atoms with Crippen molar-refractivity contribution >= 4 is 17.7 Å². The molecule has 3 nitrogen and oxygen atoms in total. The number of carbonyl (C=O) groups is 1. The lowest BCUT2D eigenvalue weighted by atomic mass is 10.1. The second-order valence-corrected chi connectivity index (χ2v) is 4.76. The number of nitrogens with one attached hydrogen (secondary N) is 1. The van der Waals surface area contributed by atoms with Crippen LogP contribution < -0.4 is 11.1 Å². The third kappa shape index (κ3) is 2.16. The van der Waals surface area contributed by atoms with Gasteiger partial charge in [0, 0.05) is 10.6 Å². The highest BCUT2D eigenvalue weighted by Crippen LogP contribution is 2.37. The maximum absolute atomic E-state index is 11.5. The Morgan fingerprint density at radius 1 is 1.60 bits per heavy atom. The van der Waals surface area contributed by atoms with Crippen molar-refractivity contribution in [3.8, 4) is 0 Å². The zero-order valence-electron chi connectivity index (χ0n) is 8.57. The van der Waals surface area contributed by atoms with Gasteiger partial charge in [-0.05, 0) is 18.6 Å². The summed E-state index contributed by atoms with van der Waals surface area (Å²) in [6, 6.07) is 7.82. The molecule has 2 atom stereocenters. The Morgan fingerprint density at radius 3 is 3.07 bits per heavy atom. The minimum Gasteiger partial charge on any atom is -0.347 e. The van der Waals surface area contributed by atoms with E-state index in [1.807, 2.05) is 12.1 Å². The SMILES string of the molecule is C[C@@H](N)C(=O)NC1CSc2ccccc21. The quantitative estimate of drug-likeness (QED) is 0.793. The van der Waals surface area contributed by atoms with E-state index in [-0.39, 0.29) is 11.9 Å². The van der Waals surface area contributed by atoms with Crippen LogP contribution in [0.5, 0.6) is 0 Å². The van der Waals surface area contributed by atoms with Gasteiger partial charge < -0.3 is 11.1 Å². The second-order valence-electron chi connectivity index (χ2n) is 3.70. The number of hydrogen-bond acceptors (Lipinski definition) is 3. The number of fused-ring (bicyclic) bond motifs is 1. The molecular formula is C11H14N2OS. The van der Waals surface area contributed by atoms with Crippen LogP contribution in [-0.4, -0.2) is 17.7 Å².